The Morgan fingerprint density at radius 1 is 1.32 bits per heavy atom. The monoisotopic (exact) mass is 327 g/mol. The maximum Gasteiger partial charge on any atom is 0.416 e. The van der Waals surface area contributed by atoms with Gasteiger partial charge < -0.3 is 10.5 Å². The van der Waals surface area contributed by atoms with Gasteiger partial charge in [0.15, 0.2) is 0 Å². The van der Waals surface area contributed by atoms with E-state index in [0.717, 1.165) is 10.3 Å². The number of rotatable bonds is 3. The highest BCUT2D eigenvalue weighted by Gasteiger charge is 2.35. The van der Waals surface area contributed by atoms with Gasteiger partial charge in [-0.25, -0.2) is 9.78 Å². The van der Waals surface area contributed by atoms with Crippen LogP contribution in [-0.4, -0.2) is 36.0 Å². The normalized spacial score (nSPS) is 11.7. The van der Waals surface area contributed by atoms with Crippen LogP contribution in [0.3, 0.4) is 0 Å². The third-order valence-corrected chi connectivity index (χ3v) is 3.30. The highest BCUT2D eigenvalue weighted by Crippen LogP contribution is 2.25. The number of nitrogen functional groups attached to an aromatic ring is 1. The molecule has 0 aliphatic heterocycles. The van der Waals surface area contributed by atoms with Gasteiger partial charge in [-0.05, 0) is 40.7 Å². The van der Waals surface area contributed by atoms with E-state index in [0.29, 0.717) is 5.69 Å². The molecule has 7 nitrogen and oxygen atoms in total. The molecule has 0 bridgehead atoms. The number of nitrogens with zero attached hydrogens (tertiary/aromatic N) is 2. The molecule has 1 rings (SSSR count). The fraction of sp³-hybridized carbons (Fsp3) is 0.500. The topological polar surface area (TPSA) is 103 Å². The highest BCUT2D eigenvalue weighted by molar-refractivity contribution is 7.71. The molecule has 0 aliphatic carbocycles. The summed E-state index contributed by atoms with van der Waals surface area (Å²) in [5.41, 5.74) is 4.21. The number of hydrogen-bond acceptors (Lipinski definition) is 6. The summed E-state index contributed by atoms with van der Waals surface area (Å²) in [6, 6.07) is 3.05. The van der Waals surface area contributed by atoms with Crippen LogP contribution < -0.4 is 10.6 Å². The molecule has 0 saturated carbocycles. The number of anilines is 2. The Kier molecular flexibility index (Phi) is 5.18. The summed E-state index contributed by atoms with van der Waals surface area (Å²) in [5.74, 6) is 0.209. The Morgan fingerprint density at radius 2 is 1.91 bits per heavy atom. The minimum Gasteiger partial charge on any atom is -0.443 e. The van der Waals surface area contributed by atoms with E-state index < -0.39 is 27.5 Å². The molecule has 0 aromatic carbocycles. The van der Waals surface area contributed by atoms with E-state index in [1.807, 2.05) is 0 Å². The second kappa shape index (κ2) is 6.35. The number of carbonyl (C=O) groups is 1. The minimum absolute atomic E-state index is 0.209. The fourth-order valence-electron chi connectivity index (χ4n) is 1.78. The van der Waals surface area contributed by atoms with Crippen LogP contribution in [0.1, 0.15) is 34.6 Å². The molecule has 0 unspecified atom stereocenters. The molecular formula is C14H21N3O4S. The molecule has 0 fully saturated rings. The lowest BCUT2D eigenvalue weighted by Gasteiger charge is -2.35. The first-order valence-electron chi connectivity index (χ1n) is 6.61. The third kappa shape index (κ3) is 5.03. The molecule has 0 saturated heterocycles. The SMILES string of the molecule is CC(C)(C)OC(=O)N(c1cc(N)ccn1)C(C)(C)C=S(=O)=O. The van der Waals surface area contributed by atoms with Gasteiger partial charge in [0.05, 0.1) is 10.9 Å². The first-order chi connectivity index (χ1) is 9.92. The van der Waals surface area contributed by atoms with Crippen LogP contribution in [-0.2, 0) is 15.0 Å². The van der Waals surface area contributed by atoms with Gasteiger partial charge in [0.1, 0.15) is 11.4 Å². The van der Waals surface area contributed by atoms with Gasteiger partial charge in [0.25, 0.3) is 0 Å². The van der Waals surface area contributed by atoms with Gasteiger partial charge in [-0.3, -0.25) is 4.90 Å². The number of ether oxygens (including phenoxy) is 1. The van der Waals surface area contributed by atoms with Crippen LogP contribution in [0.15, 0.2) is 18.3 Å². The molecule has 122 valence electrons. The maximum atomic E-state index is 12.5. The van der Waals surface area contributed by atoms with Gasteiger partial charge in [0.2, 0.25) is 10.3 Å². The molecule has 22 heavy (non-hydrogen) atoms. The molecule has 1 amide bonds. The quantitative estimate of drug-likeness (QED) is 0.850. The van der Waals surface area contributed by atoms with Crippen molar-refractivity contribution in [2.24, 2.45) is 0 Å². The van der Waals surface area contributed by atoms with Crippen LogP contribution >= 0.6 is 0 Å². The predicted octanol–water partition coefficient (Wildman–Crippen LogP) is 1.87. The van der Waals surface area contributed by atoms with E-state index in [1.165, 1.54) is 12.3 Å². The smallest absolute Gasteiger partial charge is 0.416 e. The molecule has 1 heterocycles. The zero-order chi connectivity index (χ0) is 17.1. The van der Waals surface area contributed by atoms with Gasteiger partial charge >= 0.3 is 6.09 Å². The first-order valence-corrected chi connectivity index (χ1v) is 7.75. The van der Waals surface area contributed by atoms with Crippen molar-refractivity contribution in [1.29, 1.82) is 0 Å². The summed E-state index contributed by atoms with van der Waals surface area (Å²) in [7, 11) is -2.46. The zero-order valence-corrected chi connectivity index (χ0v) is 14.1. The summed E-state index contributed by atoms with van der Waals surface area (Å²) in [5, 5.41) is 1.00. The molecule has 0 aliphatic rings. The zero-order valence-electron chi connectivity index (χ0n) is 13.3. The van der Waals surface area contributed by atoms with E-state index in [2.05, 4.69) is 4.98 Å². The second-order valence-corrected chi connectivity index (χ2v) is 7.05. The average molecular weight is 327 g/mol. The van der Waals surface area contributed by atoms with Gasteiger partial charge in [-0.2, -0.15) is 8.42 Å². The van der Waals surface area contributed by atoms with Gasteiger partial charge in [0, 0.05) is 18.0 Å². The number of amides is 1. The molecule has 0 atom stereocenters. The number of carbonyl (C=O) groups excluding carboxylic acids is 1. The summed E-state index contributed by atoms with van der Waals surface area (Å²) in [6.07, 6.45) is 0.726. The third-order valence-electron chi connectivity index (χ3n) is 2.54. The second-order valence-electron chi connectivity index (χ2n) is 6.30. The van der Waals surface area contributed by atoms with Crippen LogP contribution in [0.2, 0.25) is 0 Å². The lowest BCUT2D eigenvalue weighted by Crippen LogP contribution is -2.51. The van der Waals surface area contributed by atoms with Crippen molar-refractivity contribution >= 4 is 33.3 Å². The Labute approximate surface area is 131 Å². The van der Waals surface area contributed by atoms with Crippen LogP contribution in [0, 0.1) is 0 Å². The molecule has 1 aromatic rings. The highest BCUT2D eigenvalue weighted by atomic mass is 32.2. The molecule has 0 spiro atoms. The van der Waals surface area contributed by atoms with Crippen molar-refractivity contribution in [3.05, 3.63) is 18.3 Å². The lowest BCUT2D eigenvalue weighted by atomic mass is 10.1. The molecule has 1 aromatic heterocycles. The summed E-state index contributed by atoms with van der Waals surface area (Å²) in [4.78, 5) is 17.7. The molecular weight excluding hydrogens is 306 g/mol. The Hall–Kier alpha value is -2.09. The van der Waals surface area contributed by atoms with E-state index in [-0.39, 0.29) is 5.82 Å². The van der Waals surface area contributed by atoms with E-state index >= 15 is 0 Å². The molecule has 0 radical (unpaired) electrons. The molecule has 2 N–H and O–H groups in total. The lowest BCUT2D eigenvalue weighted by molar-refractivity contribution is 0.0561. The van der Waals surface area contributed by atoms with Crippen LogP contribution in [0.5, 0.6) is 0 Å². The van der Waals surface area contributed by atoms with E-state index in [4.69, 9.17) is 10.5 Å². The molecule has 8 heteroatoms. The van der Waals surface area contributed by atoms with E-state index in [1.54, 1.807) is 40.7 Å². The largest absolute Gasteiger partial charge is 0.443 e. The summed E-state index contributed by atoms with van der Waals surface area (Å²) < 4.78 is 27.4. The standard InChI is InChI=1S/C14H21N3O4S/c1-13(2,3)21-12(18)17(14(4,5)9-22(19)20)11-8-10(15)6-7-16-11/h6-9H,1-5H3,(H2,15,16). The summed E-state index contributed by atoms with van der Waals surface area (Å²) in [6.45, 7) is 8.30. The van der Waals surface area contributed by atoms with Crippen LogP contribution in [0.25, 0.3) is 0 Å². The predicted molar refractivity (Wildman–Crippen MR) is 86.4 cm³/mol. The maximum absolute atomic E-state index is 12.5. The van der Waals surface area contributed by atoms with Crippen LogP contribution in [0.4, 0.5) is 16.3 Å². The summed E-state index contributed by atoms with van der Waals surface area (Å²) >= 11 is 0. The van der Waals surface area contributed by atoms with E-state index in [9.17, 15) is 13.2 Å². The Balaban J connectivity index is 3.39. The van der Waals surface area contributed by atoms with Gasteiger partial charge in [-0.1, -0.05) is 0 Å². The fourth-order valence-corrected chi connectivity index (χ4v) is 2.35. The van der Waals surface area contributed by atoms with Crippen molar-refractivity contribution < 1.29 is 17.9 Å². The Bertz CT molecular complexity index is 682. The average Bonchev–Trinajstić information content (AvgIpc) is 2.23. The minimum atomic E-state index is -2.46. The van der Waals surface area contributed by atoms with Crippen molar-refractivity contribution in [3.8, 4) is 0 Å². The number of nitrogens with two attached hydrogens (primary N) is 1. The Morgan fingerprint density at radius 3 is 2.36 bits per heavy atom. The number of pyridine rings is 1. The van der Waals surface area contributed by atoms with Crippen molar-refractivity contribution in [1.82, 2.24) is 4.98 Å². The van der Waals surface area contributed by atoms with Gasteiger partial charge in [-0.15, -0.1) is 0 Å². The van der Waals surface area contributed by atoms with Crippen molar-refractivity contribution in [3.63, 3.8) is 0 Å². The number of aromatic nitrogens is 1. The van der Waals surface area contributed by atoms with Crippen molar-refractivity contribution in [2.75, 3.05) is 10.6 Å². The first kappa shape index (κ1) is 18.0. The van der Waals surface area contributed by atoms with Crippen molar-refractivity contribution in [2.45, 2.75) is 45.8 Å². The number of hydrogen-bond donors (Lipinski definition) is 1.